The first-order valence-electron chi connectivity index (χ1n) is 7.88. The Hall–Kier alpha value is -2.99. The van der Waals surface area contributed by atoms with Gasteiger partial charge in [0.05, 0.1) is 12.8 Å². The van der Waals surface area contributed by atoms with Crippen LogP contribution in [0.25, 0.3) is 10.8 Å². The molecular weight excluding hydrogens is 334 g/mol. The second kappa shape index (κ2) is 6.86. The Morgan fingerprint density at radius 1 is 1.04 bits per heavy atom. The van der Waals surface area contributed by atoms with Gasteiger partial charge in [-0.15, -0.1) is 16.4 Å². The summed E-state index contributed by atoms with van der Waals surface area (Å²) in [6, 6.07) is 18.2. The van der Waals surface area contributed by atoms with Crippen molar-refractivity contribution in [1.82, 2.24) is 10.2 Å². The van der Waals surface area contributed by atoms with E-state index in [1.54, 1.807) is 11.3 Å². The summed E-state index contributed by atoms with van der Waals surface area (Å²) in [5.74, 6) is 0.310. The first-order chi connectivity index (χ1) is 12.3. The summed E-state index contributed by atoms with van der Waals surface area (Å²) in [5.41, 5.74) is 0.939. The zero-order chi connectivity index (χ0) is 17.1. The highest BCUT2D eigenvalue weighted by Gasteiger charge is 2.11. The third kappa shape index (κ3) is 3.75. The third-order valence-corrected chi connectivity index (χ3v) is 4.67. The highest BCUT2D eigenvalue weighted by Crippen LogP contribution is 2.17. The molecular formula is C19H15N3O2S. The molecule has 25 heavy (non-hydrogen) atoms. The third-order valence-electron chi connectivity index (χ3n) is 3.80. The molecule has 124 valence electrons. The Morgan fingerprint density at radius 2 is 1.92 bits per heavy atom. The fourth-order valence-corrected chi connectivity index (χ4v) is 3.33. The van der Waals surface area contributed by atoms with Crippen molar-refractivity contribution >= 4 is 34.0 Å². The minimum Gasteiger partial charge on any atom is -0.407 e. The summed E-state index contributed by atoms with van der Waals surface area (Å²) in [6.07, 6.45) is 0.832. The van der Waals surface area contributed by atoms with Gasteiger partial charge >= 0.3 is 6.01 Å². The normalized spacial score (nSPS) is 10.9. The Bertz CT molecular complexity index is 1010. The van der Waals surface area contributed by atoms with Gasteiger partial charge in [0.15, 0.2) is 0 Å². The van der Waals surface area contributed by atoms with Gasteiger partial charge in [-0.25, -0.2) is 0 Å². The second-order valence-corrected chi connectivity index (χ2v) is 6.70. The first kappa shape index (κ1) is 15.5. The first-order valence-corrected chi connectivity index (χ1v) is 8.76. The van der Waals surface area contributed by atoms with Crippen molar-refractivity contribution in [2.24, 2.45) is 0 Å². The number of benzene rings is 2. The maximum Gasteiger partial charge on any atom is 0.322 e. The highest BCUT2D eigenvalue weighted by atomic mass is 32.1. The Balaban J connectivity index is 1.40. The van der Waals surface area contributed by atoms with Gasteiger partial charge in [-0.05, 0) is 27.8 Å². The number of amides is 1. The molecule has 0 radical (unpaired) electrons. The number of rotatable bonds is 5. The van der Waals surface area contributed by atoms with Crippen LogP contribution in [0.5, 0.6) is 0 Å². The second-order valence-electron chi connectivity index (χ2n) is 5.66. The standard InChI is InChI=1S/C19H15N3O2S/c23-17(11-13-7-8-14-4-1-2-5-15(14)10-13)20-19-22-21-18(24-19)12-16-6-3-9-25-16/h1-10H,11-12H2,(H,20,22,23). The molecule has 2 aromatic carbocycles. The zero-order valence-corrected chi connectivity index (χ0v) is 14.1. The molecule has 2 aromatic heterocycles. The number of nitrogens with one attached hydrogen (secondary N) is 1. The number of hydrogen-bond donors (Lipinski definition) is 1. The molecule has 5 nitrogen and oxygen atoms in total. The smallest absolute Gasteiger partial charge is 0.322 e. The van der Waals surface area contributed by atoms with E-state index in [2.05, 4.69) is 15.5 Å². The quantitative estimate of drug-likeness (QED) is 0.590. The Morgan fingerprint density at radius 3 is 2.76 bits per heavy atom. The van der Waals surface area contributed by atoms with Crippen molar-refractivity contribution in [3.63, 3.8) is 0 Å². The fourth-order valence-electron chi connectivity index (χ4n) is 2.64. The minimum atomic E-state index is -0.179. The van der Waals surface area contributed by atoms with Crippen LogP contribution >= 0.6 is 11.3 Å². The number of fused-ring (bicyclic) bond motifs is 1. The summed E-state index contributed by atoms with van der Waals surface area (Å²) in [7, 11) is 0. The van der Waals surface area contributed by atoms with Gasteiger partial charge in [0, 0.05) is 4.88 Å². The number of hydrogen-bond acceptors (Lipinski definition) is 5. The van der Waals surface area contributed by atoms with Gasteiger partial charge in [-0.3, -0.25) is 10.1 Å². The lowest BCUT2D eigenvalue weighted by molar-refractivity contribution is -0.115. The van der Waals surface area contributed by atoms with Crippen molar-refractivity contribution in [2.45, 2.75) is 12.8 Å². The molecule has 4 aromatic rings. The molecule has 0 fully saturated rings. The highest BCUT2D eigenvalue weighted by molar-refractivity contribution is 7.09. The van der Waals surface area contributed by atoms with E-state index in [0.717, 1.165) is 21.2 Å². The summed E-state index contributed by atoms with van der Waals surface area (Å²) >= 11 is 1.63. The summed E-state index contributed by atoms with van der Waals surface area (Å²) in [5, 5.41) is 14.8. The number of anilines is 1. The van der Waals surface area contributed by atoms with E-state index in [4.69, 9.17) is 4.42 Å². The molecule has 0 unspecified atom stereocenters. The SMILES string of the molecule is O=C(Cc1ccc2ccccc2c1)Nc1nnc(Cc2cccs2)o1. The molecule has 0 aliphatic heterocycles. The van der Waals surface area contributed by atoms with E-state index in [1.165, 1.54) is 0 Å². The van der Waals surface area contributed by atoms with Gasteiger partial charge in [0.1, 0.15) is 0 Å². The predicted molar refractivity (Wildman–Crippen MR) is 97.7 cm³/mol. The molecule has 0 bridgehead atoms. The largest absolute Gasteiger partial charge is 0.407 e. The van der Waals surface area contributed by atoms with Crippen LogP contribution in [0.15, 0.2) is 64.4 Å². The summed E-state index contributed by atoms with van der Waals surface area (Å²) in [4.78, 5) is 13.3. The Labute approximate surface area is 148 Å². The maximum atomic E-state index is 12.2. The lowest BCUT2D eigenvalue weighted by Crippen LogP contribution is -2.14. The van der Waals surface area contributed by atoms with Gasteiger partial charge < -0.3 is 4.42 Å². The van der Waals surface area contributed by atoms with Gasteiger partial charge in [0.2, 0.25) is 11.8 Å². The topological polar surface area (TPSA) is 68.0 Å². The Kier molecular flexibility index (Phi) is 4.26. The predicted octanol–water partition coefficient (Wildman–Crippen LogP) is 4.06. The molecule has 0 saturated heterocycles. The average molecular weight is 349 g/mol. The molecule has 0 saturated carbocycles. The fraction of sp³-hybridized carbons (Fsp3) is 0.105. The van der Waals surface area contributed by atoms with Crippen LogP contribution in [-0.4, -0.2) is 16.1 Å². The number of aromatic nitrogens is 2. The van der Waals surface area contributed by atoms with Crippen molar-refractivity contribution in [2.75, 3.05) is 5.32 Å². The molecule has 6 heteroatoms. The van der Waals surface area contributed by atoms with Crippen LogP contribution in [-0.2, 0) is 17.6 Å². The minimum absolute atomic E-state index is 0.136. The van der Waals surface area contributed by atoms with E-state index in [9.17, 15) is 4.79 Å². The van der Waals surface area contributed by atoms with Crippen molar-refractivity contribution < 1.29 is 9.21 Å². The van der Waals surface area contributed by atoms with E-state index in [1.807, 2.05) is 60.0 Å². The van der Waals surface area contributed by atoms with E-state index in [0.29, 0.717) is 12.3 Å². The molecule has 0 spiro atoms. The molecule has 1 N–H and O–H groups in total. The van der Waals surface area contributed by atoms with Crippen molar-refractivity contribution in [3.05, 3.63) is 76.3 Å². The van der Waals surface area contributed by atoms with Crippen LogP contribution < -0.4 is 5.32 Å². The maximum absolute atomic E-state index is 12.2. The van der Waals surface area contributed by atoms with Gasteiger partial charge in [-0.2, -0.15) is 0 Å². The molecule has 0 aliphatic rings. The van der Waals surface area contributed by atoms with E-state index >= 15 is 0 Å². The summed E-state index contributed by atoms with van der Waals surface area (Å²) < 4.78 is 5.49. The van der Waals surface area contributed by atoms with E-state index < -0.39 is 0 Å². The number of nitrogens with zero attached hydrogens (tertiary/aromatic N) is 2. The van der Waals surface area contributed by atoms with Crippen molar-refractivity contribution in [3.8, 4) is 0 Å². The molecule has 0 atom stereocenters. The molecule has 0 aliphatic carbocycles. The van der Waals surface area contributed by atoms with Crippen LogP contribution in [0, 0.1) is 0 Å². The molecule has 4 rings (SSSR count). The van der Waals surface area contributed by atoms with Crippen LogP contribution in [0.2, 0.25) is 0 Å². The van der Waals surface area contributed by atoms with Crippen LogP contribution in [0.3, 0.4) is 0 Å². The summed E-state index contributed by atoms with van der Waals surface area (Å²) in [6.45, 7) is 0. The van der Waals surface area contributed by atoms with E-state index in [-0.39, 0.29) is 18.3 Å². The van der Waals surface area contributed by atoms with Crippen LogP contribution in [0.1, 0.15) is 16.3 Å². The molecule has 1 amide bonds. The average Bonchev–Trinajstić information content (AvgIpc) is 3.27. The monoisotopic (exact) mass is 349 g/mol. The lowest BCUT2D eigenvalue weighted by Gasteiger charge is -2.03. The number of thiophene rings is 1. The van der Waals surface area contributed by atoms with Crippen LogP contribution in [0.4, 0.5) is 6.01 Å². The van der Waals surface area contributed by atoms with Gasteiger partial charge in [-0.1, -0.05) is 53.6 Å². The van der Waals surface area contributed by atoms with Crippen molar-refractivity contribution in [1.29, 1.82) is 0 Å². The van der Waals surface area contributed by atoms with Gasteiger partial charge in [0.25, 0.3) is 0 Å². The number of carbonyl (C=O) groups excluding carboxylic acids is 1. The lowest BCUT2D eigenvalue weighted by atomic mass is 10.1. The number of carbonyl (C=O) groups is 1. The molecule has 2 heterocycles. The zero-order valence-electron chi connectivity index (χ0n) is 13.3.